The third-order valence-electron chi connectivity index (χ3n) is 5.02. The van der Waals surface area contributed by atoms with Crippen molar-refractivity contribution in [3.8, 4) is 5.75 Å². The predicted octanol–water partition coefficient (Wildman–Crippen LogP) is 3.96. The Kier molecular flexibility index (Phi) is 6.43. The average Bonchev–Trinajstić information content (AvgIpc) is 2.79. The third kappa shape index (κ3) is 4.41. The van der Waals surface area contributed by atoms with Crippen LogP contribution in [0.3, 0.4) is 0 Å². The molecule has 4 rings (SSSR count). The van der Waals surface area contributed by atoms with E-state index in [0.717, 1.165) is 46.8 Å². The number of aliphatic hydroxyl groups is 1. The molecule has 0 saturated carbocycles. The maximum Gasteiger partial charge on any atom is 0.264 e. The molecule has 1 atom stereocenters. The summed E-state index contributed by atoms with van der Waals surface area (Å²) >= 11 is 5.89. The number of carbonyl (C=O) groups is 1. The molecule has 0 bridgehead atoms. The first-order valence-electron chi connectivity index (χ1n) is 9.76. The molecule has 12 heteroatoms. The fourth-order valence-electron chi connectivity index (χ4n) is 3.38. The van der Waals surface area contributed by atoms with Gasteiger partial charge in [-0.2, -0.15) is 0 Å². The molecule has 3 aromatic rings. The summed E-state index contributed by atoms with van der Waals surface area (Å²) in [6, 6.07) is 9.46. The van der Waals surface area contributed by atoms with E-state index in [9.17, 15) is 31.5 Å². The van der Waals surface area contributed by atoms with Crippen molar-refractivity contribution >= 4 is 38.9 Å². The Balaban J connectivity index is 1.77. The number of ether oxygens (including phenoxy) is 1. The molecular formula is C22H16ClF3N2O5S. The zero-order chi connectivity index (χ0) is 24.6. The SMILES string of the molecule is O=C(Nc1cc2c(cc1F)O[C@@H](CO)CN2S(=O)(=O)c1ccc(F)cc1)c1c(F)cccc1Cl. The van der Waals surface area contributed by atoms with E-state index in [1.165, 1.54) is 12.1 Å². The standard InChI is InChI=1S/C22H16ClF3N2O5S/c23-15-2-1-3-16(25)21(15)22(30)27-18-9-19-20(8-17(18)26)33-13(11-29)10-28(19)34(31,32)14-6-4-12(24)5-7-14/h1-9,13,29H,10-11H2,(H,27,30)/t13-/m1/s1. The molecule has 2 N–H and O–H groups in total. The van der Waals surface area contributed by atoms with E-state index < -0.39 is 57.3 Å². The average molecular weight is 513 g/mol. The number of benzene rings is 3. The maximum absolute atomic E-state index is 14.8. The second kappa shape index (κ2) is 9.16. The van der Waals surface area contributed by atoms with Crippen LogP contribution in [0.5, 0.6) is 5.75 Å². The number of anilines is 2. The number of nitrogens with zero attached hydrogens (tertiary/aromatic N) is 1. The van der Waals surface area contributed by atoms with Gasteiger partial charge in [-0.25, -0.2) is 21.6 Å². The summed E-state index contributed by atoms with van der Waals surface area (Å²) in [7, 11) is -4.30. The number of amides is 1. The Morgan fingerprint density at radius 2 is 1.82 bits per heavy atom. The van der Waals surface area contributed by atoms with Gasteiger partial charge in [0.25, 0.3) is 15.9 Å². The van der Waals surface area contributed by atoms with E-state index in [0.29, 0.717) is 0 Å². The summed E-state index contributed by atoms with van der Waals surface area (Å²) in [4.78, 5) is 12.3. The molecule has 0 radical (unpaired) electrons. The van der Waals surface area contributed by atoms with Crippen LogP contribution in [0.4, 0.5) is 24.5 Å². The Morgan fingerprint density at radius 3 is 2.47 bits per heavy atom. The molecule has 34 heavy (non-hydrogen) atoms. The molecule has 0 unspecified atom stereocenters. The van der Waals surface area contributed by atoms with Gasteiger partial charge in [0.1, 0.15) is 23.5 Å². The fraction of sp³-hybridized carbons (Fsp3) is 0.136. The smallest absolute Gasteiger partial charge is 0.264 e. The minimum atomic E-state index is -4.30. The van der Waals surface area contributed by atoms with Crippen molar-refractivity contribution < 1.29 is 36.2 Å². The molecule has 0 saturated heterocycles. The number of sulfonamides is 1. The zero-order valence-corrected chi connectivity index (χ0v) is 18.7. The van der Waals surface area contributed by atoms with Crippen LogP contribution in [0.25, 0.3) is 0 Å². The van der Waals surface area contributed by atoms with Gasteiger partial charge in [0, 0.05) is 6.07 Å². The van der Waals surface area contributed by atoms with Crippen molar-refractivity contribution in [2.24, 2.45) is 0 Å². The number of halogens is 4. The van der Waals surface area contributed by atoms with E-state index in [-0.39, 0.29) is 27.9 Å². The molecule has 178 valence electrons. The van der Waals surface area contributed by atoms with Gasteiger partial charge in [-0.3, -0.25) is 9.10 Å². The summed E-state index contributed by atoms with van der Waals surface area (Å²) in [6.45, 7) is -0.915. The number of hydrogen-bond acceptors (Lipinski definition) is 5. The molecule has 0 fully saturated rings. The minimum absolute atomic E-state index is 0.148. The van der Waals surface area contributed by atoms with Crippen LogP contribution < -0.4 is 14.4 Å². The number of fused-ring (bicyclic) bond motifs is 1. The number of aliphatic hydroxyl groups excluding tert-OH is 1. The van der Waals surface area contributed by atoms with Gasteiger partial charge in [-0.15, -0.1) is 0 Å². The molecule has 1 amide bonds. The lowest BCUT2D eigenvalue weighted by atomic mass is 10.1. The Bertz CT molecular complexity index is 1350. The Hall–Kier alpha value is -3.28. The molecule has 3 aromatic carbocycles. The molecule has 0 spiro atoms. The van der Waals surface area contributed by atoms with Crippen molar-refractivity contribution in [2.75, 3.05) is 22.8 Å². The molecule has 1 aliphatic heterocycles. The zero-order valence-electron chi connectivity index (χ0n) is 17.1. The highest BCUT2D eigenvalue weighted by molar-refractivity contribution is 7.92. The van der Waals surface area contributed by atoms with E-state index >= 15 is 0 Å². The lowest BCUT2D eigenvalue weighted by Gasteiger charge is -2.35. The topological polar surface area (TPSA) is 95.9 Å². The van der Waals surface area contributed by atoms with Crippen LogP contribution in [-0.4, -0.2) is 38.7 Å². The number of hydrogen-bond donors (Lipinski definition) is 2. The first-order valence-corrected chi connectivity index (χ1v) is 11.6. The number of nitrogens with one attached hydrogen (secondary N) is 1. The Morgan fingerprint density at radius 1 is 1.12 bits per heavy atom. The van der Waals surface area contributed by atoms with Crippen molar-refractivity contribution in [1.29, 1.82) is 0 Å². The van der Waals surface area contributed by atoms with Gasteiger partial charge in [0.05, 0.1) is 40.0 Å². The van der Waals surface area contributed by atoms with E-state index in [1.807, 2.05) is 0 Å². The van der Waals surface area contributed by atoms with Crippen LogP contribution >= 0.6 is 11.6 Å². The van der Waals surface area contributed by atoms with Crippen LogP contribution in [0.1, 0.15) is 10.4 Å². The summed E-state index contributed by atoms with van der Waals surface area (Å²) in [5.41, 5.74) is -1.13. The lowest BCUT2D eigenvalue weighted by Crippen LogP contribution is -2.45. The van der Waals surface area contributed by atoms with Gasteiger partial charge in [0.2, 0.25) is 0 Å². The van der Waals surface area contributed by atoms with Crippen LogP contribution in [0, 0.1) is 17.5 Å². The highest BCUT2D eigenvalue weighted by Crippen LogP contribution is 2.40. The molecule has 0 aromatic heterocycles. The first kappa shape index (κ1) is 23.9. The molecule has 0 aliphatic carbocycles. The molecular weight excluding hydrogens is 497 g/mol. The summed E-state index contributed by atoms with van der Waals surface area (Å²) in [5, 5.41) is 11.5. The second-order valence-corrected chi connectivity index (χ2v) is 9.53. The van der Waals surface area contributed by atoms with E-state index in [4.69, 9.17) is 16.3 Å². The largest absolute Gasteiger partial charge is 0.484 e. The van der Waals surface area contributed by atoms with Gasteiger partial charge in [-0.05, 0) is 42.5 Å². The fourth-order valence-corrected chi connectivity index (χ4v) is 5.13. The lowest BCUT2D eigenvalue weighted by molar-refractivity contribution is 0.102. The van der Waals surface area contributed by atoms with E-state index in [1.54, 1.807) is 0 Å². The minimum Gasteiger partial charge on any atom is -0.484 e. The quantitative estimate of drug-likeness (QED) is 0.539. The van der Waals surface area contributed by atoms with Gasteiger partial charge in [0.15, 0.2) is 5.82 Å². The van der Waals surface area contributed by atoms with Gasteiger partial charge >= 0.3 is 0 Å². The first-order chi connectivity index (χ1) is 16.1. The third-order valence-corrected chi connectivity index (χ3v) is 7.13. The molecule has 1 aliphatic rings. The summed E-state index contributed by atoms with van der Waals surface area (Å²) in [5.74, 6) is -3.85. The van der Waals surface area contributed by atoms with Crippen LogP contribution in [0.2, 0.25) is 5.02 Å². The van der Waals surface area contributed by atoms with Crippen molar-refractivity contribution in [3.63, 3.8) is 0 Å². The van der Waals surface area contributed by atoms with Gasteiger partial charge in [-0.1, -0.05) is 17.7 Å². The number of carbonyl (C=O) groups excluding carboxylic acids is 1. The number of rotatable bonds is 5. The van der Waals surface area contributed by atoms with Crippen molar-refractivity contribution in [3.05, 3.63) is 82.6 Å². The summed E-state index contributed by atoms with van der Waals surface area (Å²) in [6.07, 6.45) is -1.01. The predicted molar refractivity (Wildman–Crippen MR) is 118 cm³/mol. The molecule has 7 nitrogen and oxygen atoms in total. The summed E-state index contributed by atoms with van der Waals surface area (Å²) < 4.78 is 75.1. The molecule has 1 heterocycles. The maximum atomic E-state index is 14.8. The van der Waals surface area contributed by atoms with Crippen molar-refractivity contribution in [2.45, 2.75) is 11.0 Å². The normalized spacial score (nSPS) is 15.4. The second-order valence-electron chi connectivity index (χ2n) is 7.26. The van der Waals surface area contributed by atoms with Crippen LogP contribution in [0.15, 0.2) is 59.5 Å². The highest BCUT2D eigenvalue weighted by Gasteiger charge is 2.35. The van der Waals surface area contributed by atoms with Crippen molar-refractivity contribution in [1.82, 2.24) is 0 Å². The van der Waals surface area contributed by atoms with E-state index in [2.05, 4.69) is 5.32 Å². The highest BCUT2D eigenvalue weighted by atomic mass is 35.5. The van der Waals surface area contributed by atoms with Crippen LogP contribution in [-0.2, 0) is 10.0 Å². The van der Waals surface area contributed by atoms with Gasteiger partial charge < -0.3 is 15.2 Å². The Labute approximate surface area is 197 Å². The monoisotopic (exact) mass is 512 g/mol.